The van der Waals surface area contributed by atoms with Crippen LogP contribution in [-0.4, -0.2) is 12.4 Å². The summed E-state index contributed by atoms with van der Waals surface area (Å²) in [6.07, 6.45) is 5.81. The summed E-state index contributed by atoms with van der Waals surface area (Å²) in [5.74, 6) is 0.921. The minimum absolute atomic E-state index is 0. The van der Waals surface area contributed by atoms with E-state index < -0.39 is 0 Å². The minimum Gasteiger partial charge on any atom is -0.469 e. The lowest BCUT2D eigenvalue weighted by Crippen LogP contribution is -1.87. The highest BCUT2D eigenvalue weighted by atomic mass is 35.5. The van der Waals surface area contributed by atoms with Crippen LogP contribution < -0.4 is 0 Å². The molecule has 1 aliphatic carbocycles. The molecule has 0 spiro atoms. The SMILES string of the molecule is C1=CC2=NCOC2=C1.Cl. The number of aliphatic imine (C=N–C) groups is 1. The van der Waals surface area contributed by atoms with E-state index in [1.807, 2.05) is 18.2 Å². The molecule has 48 valence electrons. The molecular weight excluding hydrogens is 138 g/mol. The number of nitrogens with zero attached hydrogens (tertiary/aromatic N) is 1. The minimum atomic E-state index is 0. The smallest absolute Gasteiger partial charge is 0.180 e. The van der Waals surface area contributed by atoms with E-state index in [9.17, 15) is 0 Å². The highest BCUT2D eigenvalue weighted by Gasteiger charge is 2.13. The molecule has 0 aromatic carbocycles. The van der Waals surface area contributed by atoms with Crippen molar-refractivity contribution in [2.75, 3.05) is 6.73 Å². The van der Waals surface area contributed by atoms with Crippen LogP contribution in [0.5, 0.6) is 0 Å². The Labute approximate surface area is 59.3 Å². The van der Waals surface area contributed by atoms with Gasteiger partial charge in [0.1, 0.15) is 11.5 Å². The molecule has 1 heterocycles. The lowest BCUT2D eigenvalue weighted by atomic mass is 10.4. The summed E-state index contributed by atoms with van der Waals surface area (Å²) >= 11 is 0. The summed E-state index contributed by atoms with van der Waals surface area (Å²) in [4.78, 5) is 4.04. The number of allylic oxidation sites excluding steroid dienone is 3. The van der Waals surface area contributed by atoms with E-state index in [2.05, 4.69) is 4.99 Å². The van der Waals surface area contributed by atoms with Crippen molar-refractivity contribution in [2.45, 2.75) is 0 Å². The van der Waals surface area contributed by atoms with E-state index in [0.29, 0.717) is 6.73 Å². The summed E-state index contributed by atoms with van der Waals surface area (Å²) in [6, 6.07) is 0. The zero-order valence-corrected chi connectivity index (χ0v) is 5.52. The van der Waals surface area contributed by atoms with Crippen LogP contribution in [0.15, 0.2) is 29.0 Å². The Morgan fingerprint density at radius 1 is 1.56 bits per heavy atom. The van der Waals surface area contributed by atoms with Gasteiger partial charge in [0.25, 0.3) is 0 Å². The zero-order valence-electron chi connectivity index (χ0n) is 4.70. The second-order valence-electron chi connectivity index (χ2n) is 1.71. The molecule has 0 atom stereocenters. The predicted octanol–water partition coefficient (Wildman–Crippen LogP) is 1.29. The van der Waals surface area contributed by atoms with Crippen molar-refractivity contribution in [1.82, 2.24) is 0 Å². The van der Waals surface area contributed by atoms with Crippen LogP contribution in [-0.2, 0) is 4.74 Å². The number of hydrogen-bond acceptors (Lipinski definition) is 2. The lowest BCUT2D eigenvalue weighted by Gasteiger charge is -1.89. The summed E-state index contributed by atoms with van der Waals surface area (Å²) in [5.41, 5.74) is 0.991. The largest absolute Gasteiger partial charge is 0.469 e. The van der Waals surface area contributed by atoms with Crippen molar-refractivity contribution in [3.05, 3.63) is 24.0 Å². The van der Waals surface area contributed by atoms with Crippen LogP contribution in [0.2, 0.25) is 0 Å². The fraction of sp³-hybridized carbons (Fsp3) is 0.167. The number of rotatable bonds is 0. The first kappa shape index (κ1) is 6.36. The van der Waals surface area contributed by atoms with Gasteiger partial charge in [0, 0.05) is 0 Å². The van der Waals surface area contributed by atoms with Gasteiger partial charge in [-0.2, -0.15) is 0 Å². The third kappa shape index (κ3) is 0.856. The normalized spacial score (nSPS) is 19.6. The Balaban J connectivity index is 0.000000405. The zero-order chi connectivity index (χ0) is 5.40. The molecule has 0 amide bonds. The van der Waals surface area contributed by atoms with E-state index in [-0.39, 0.29) is 12.4 Å². The van der Waals surface area contributed by atoms with Crippen LogP contribution in [0.3, 0.4) is 0 Å². The van der Waals surface area contributed by atoms with Gasteiger partial charge in [-0.05, 0) is 12.2 Å². The van der Waals surface area contributed by atoms with Crippen LogP contribution in [0.1, 0.15) is 0 Å². The highest BCUT2D eigenvalue weighted by Crippen LogP contribution is 2.14. The molecule has 0 bridgehead atoms. The average molecular weight is 144 g/mol. The summed E-state index contributed by atoms with van der Waals surface area (Å²) in [7, 11) is 0. The summed E-state index contributed by atoms with van der Waals surface area (Å²) in [5, 5.41) is 0. The van der Waals surface area contributed by atoms with Crippen LogP contribution in [0.25, 0.3) is 0 Å². The maximum absolute atomic E-state index is 5.07. The molecule has 0 radical (unpaired) electrons. The molecule has 9 heavy (non-hydrogen) atoms. The van der Waals surface area contributed by atoms with Gasteiger partial charge < -0.3 is 4.74 Å². The maximum atomic E-state index is 5.07. The number of ether oxygens (including phenoxy) is 1. The van der Waals surface area contributed by atoms with Gasteiger partial charge >= 0.3 is 0 Å². The number of hydrogen-bond donors (Lipinski definition) is 0. The molecule has 3 heteroatoms. The second-order valence-corrected chi connectivity index (χ2v) is 1.71. The molecule has 2 rings (SSSR count). The van der Waals surface area contributed by atoms with Gasteiger partial charge in [-0.1, -0.05) is 6.08 Å². The third-order valence-corrected chi connectivity index (χ3v) is 1.21. The van der Waals surface area contributed by atoms with E-state index in [1.165, 1.54) is 0 Å². The maximum Gasteiger partial charge on any atom is 0.180 e. The first-order chi connectivity index (χ1) is 3.97. The Morgan fingerprint density at radius 3 is 3.22 bits per heavy atom. The molecule has 0 saturated heterocycles. The molecule has 0 fully saturated rings. The Hall–Kier alpha value is -0.760. The molecule has 2 nitrogen and oxygen atoms in total. The molecular formula is C6H6ClNO. The molecule has 0 saturated carbocycles. The fourth-order valence-corrected chi connectivity index (χ4v) is 0.818. The molecule has 1 aliphatic heterocycles. The van der Waals surface area contributed by atoms with E-state index in [1.54, 1.807) is 0 Å². The standard InChI is InChI=1S/C6H5NO.ClH/c1-2-5-6(3-1)8-4-7-5;/h1-3H,4H2;1H. The molecule has 0 aromatic rings. The molecule has 0 N–H and O–H groups in total. The van der Waals surface area contributed by atoms with Crippen LogP contribution in [0.4, 0.5) is 0 Å². The third-order valence-electron chi connectivity index (χ3n) is 1.21. The van der Waals surface area contributed by atoms with Gasteiger partial charge in [-0.3, -0.25) is 0 Å². The number of fused-ring (bicyclic) bond motifs is 1. The Bertz CT molecular complexity index is 205. The predicted molar refractivity (Wildman–Crippen MR) is 37.9 cm³/mol. The Morgan fingerprint density at radius 2 is 2.44 bits per heavy atom. The highest BCUT2D eigenvalue weighted by molar-refractivity contribution is 6.10. The lowest BCUT2D eigenvalue weighted by molar-refractivity contribution is 0.262. The van der Waals surface area contributed by atoms with Gasteiger partial charge in [-0.25, -0.2) is 4.99 Å². The van der Waals surface area contributed by atoms with Crippen molar-refractivity contribution >= 4 is 18.1 Å². The van der Waals surface area contributed by atoms with Crippen LogP contribution in [0, 0.1) is 0 Å². The van der Waals surface area contributed by atoms with Crippen molar-refractivity contribution < 1.29 is 4.74 Å². The van der Waals surface area contributed by atoms with Gasteiger partial charge in [0.15, 0.2) is 6.73 Å². The fourth-order valence-electron chi connectivity index (χ4n) is 0.818. The molecule has 2 aliphatic rings. The quantitative estimate of drug-likeness (QED) is 0.501. The number of halogens is 1. The van der Waals surface area contributed by atoms with Gasteiger partial charge in [-0.15, -0.1) is 12.4 Å². The van der Waals surface area contributed by atoms with Crippen molar-refractivity contribution in [3.63, 3.8) is 0 Å². The van der Waals surface area contributed by atoms with E-state index in [4.69, 9.17) is 4.74 Å². The van der Waals surface area contributed by atoms with E-state index in [0.717, 1.165) is 11.5 Å². The molecule has 0 unspecified atom stereocenters. The van der Waals surface area contributed by atoms with E-state index >= 15 is 0 Å². The Kier molecular flexibility index (Phi) is 1.58. The van der Waals surface area contributed by atoms with Crippen molar-refractivity contribution in [3.8, 4) is 0 Å². The summed E-state index contributed by atoms with van der Waals surface area (Å²) in [6.45, 7) is 0.505. The van der Waals surface area contributed by atoms with Crippen molar-refractivity contribution in [1.29, 1.82) is 0 Å². The monoisotopic (exact) mass is 143 g/mol. The van der Waals surface area contributed by atoms with Crippen molar-refractivity contribution in [2.24, 2.45) is 4.99 Å². The topological polar surface area (TPSA) is 21.6 Å². The summed E-state index contributed by atoms with van der Waals surface area (Å²) < 4.78 is 5.07. The first-order valence-electron chi connectivity index (χ1n) is 2.53. The van der Waals surface area contributed by atoms with Crippen LogP contribution >= 0.6 is 12.4 Å². The van der Waals surface area contributed by atoms with Gasteiger partial charge in [0.2, 0.25) is 0 Å². The second kappa shape index (κ2) is 2.23. The molecule has 0 aromatic heterocycles. The van der Waals surface area contributed by atoms with Gasteiger partial charge in [0.05, 0.1) is 0 Å². The average Bonchev–Trinajstić information content (AvgIpc) is 2.15. The first-order valence-corrected chi connectivity index (χ1v) is 2.53.